The third-order valence-electron chi connectivity index (χ3n) is 13.9. The predicted octanol–water partition coefficient (Wildman–Crippen LogP) is 6.14. The summed E-state index contributed by atoms with van der Waals surface area (Å²) in [4.78, 5) is 66.3. The van der Waals surface area contributed by atoms with Crippen LogP contribution in [0.5, 0.6) is 11.6 Å². The average Bonchev–Trinajstić information content (AvgIpc) is 4.20. The molecule has 3 saturated carbocycles. The summed E-state index contributed by atoms with van der Waals surface area (Å²) in [5.41, 5.74) is -3.83. The number of rotatable bonds is 8. The molecule has 9 atom stereocenters. The number of carbonyl (C=O) groups is 4. The van der Waals surface area contributed by atoms with Crippen LogP contribution in [0.1, 0.15) is 118 Å². The lowest BCUT2D eigenvalue weighted by atomic mass is 9.85. The number of benzene rings is 1. The number of alkyl carbamates (subject to hydrolysis) is 1. The van der Waals surface area contributed by atoms with Gasteiger partial charge in [0.15, 0.2) is 5.69 Å². The predicted molar refractivity (Wildman–Crippen MR) is 231 cm³/mol. The van der Waals surface area contributed by atoms with Crippen LogP contribution in [0.4, 0.5) is 22.4 Å². The summed E-state index contributed by atoms with van der Waals surface area (Å²) in [6.45, 7) is 10.7. The van der Waals surface area contributed by atoms with Crippen molar-refractivity contribution in [2.24, 2.45) is 23.2 Å². The highest BCUT2D eigenvalue weighted by Gasteiger charge is 2.68. The molecular formula is C45H62F4N6O10S. The minimum atomic E-state index is -4.31. The van der Waals surface area contributed by atoms with Gasteiger partial charge in [0, 0.05) is 25.0 Å². The van der Waals surface area contributed by atoms with Crippen LogP contribution in [-0.4, -0.2) is 114 Å². The van der Waals surface area contributed by atoms with Gasteiger partial charge in [-0.15, -0.1) is 0 Å². The van der Waals surface area contributed by atoms with E-state index in [1.54, 1.807) is 33.8 Å². The van der Waals surface area contributed by atoms with Crippen molar-refractivity contribution in [3.63, 3.8) is 0 Å². The highest BCUT2D eigenvalue weighted by Crippen LogP contribution is 2.50. The minimum absolute atomic E-state index is 0.0516. The third-order valence-corrected chi connectivity index (χ3v) is 16.1. The average molecular weight is 955 g/mol. The molecule has 8 rings (SSSR count). The quantitative estimate of drug-likeness (QED) is 0.256. The molecule has 4 amide bonds. The SMILES string of the molecule is CC1CCCO1.CC[C@@H]1[C@@H]2CN(C(=O)[C@H](C(C)(C)C)NC(=O)O[C@@H]3C[C@H]3CCCCC(F)(F)c3nc4ccc(OC)cc4nc3O2)[C@@H]1C(=O)N[C@]1(C(=O)NS(=O)(=O)C2(C)CC2)C[C@H]1C(F)F. The molecule has 1 unspecified atom stereocenters. The molecule has 3 aliphatic heterocycles. The van der Waals surface area contributed by atoms with E-state index in [9.17, 15) is 36.4 Å². The van der Waals surface area contributed by atoms with Crippen LogP contribution in [0.25, 0.3) is 11.0 Å². The Bertz CT molecular complexity index is 2290. The van der Waals surface area contributed by atoms with E-state index in [4.69, 9.17) is 18.9 Å². The smallest absolute Gasteiger partial charge is 0.408 e. The first-order chi connectivity index (χ1) is 30.9. The van der Waals surface area contributed by atoms with Crippen LogP contribution in [0, 0.1) is 23.2 Å². The van der Waals surface area contributed by atoms with E-state index in [2.05, 4.69) is 27.5 Å². The van der Waals surface area contributed by atoms with Gasteiger partial charge in [-0.3, -0.25) is 19.1 Å². The highest BCUT2D eigenvalue weighted by atomic mass is 32.2. The largest absolute Gasteiger partial charge is 0.497 e. The molecule has 66 heavy (non-hydrogen) atoms. The number of amides is 4. The number of halogens is 4. The van der Waals surface area contributed by atoms with E-state index in [1.807, 2.05) is 4.72 Å². The molecule has 1 aromatic heterocycles. The monoisotopic (exact) mass is 954 g/mol. The van der Waals surface area contributed by atoms with Gasteiger partial charge in [-0.2, -0.15) is 8.78 Å². The summed E-state index contributed by atoms with van der Waals surface area (Å²) < 4.78 is 111. The van der Waals surface area contributed by atoms with E-state index < -0.39 is 129 Å². The molecule has 6 aliphatic rings. The Hall–Kier alpha value is -4.53. The Labute approximate surface area is 382 Å². The van der Waals surface area contributed by atoms with Crippen molar-refractivity contribution in [2.45, 2.75) is 165 Å². The summed E-state index contributed by atoms with van der Waals surface area (Å²) in [6.07, 6.45) is -1.84. The molecule has 2 saturated heterocycles. The van der Waals surface area contributed by atoms with Gasteiger partial charge in [0.2, 0.25) is 34.1 Å². The van der Waals surface area contributed by atoms with E-state index in [1.165, 1.54) is 39.0 Å². The lowest BCUT2D eigenvalue weighted by Crippen LogP contribution is -2.61. The number of carbonyl (C=O) groups excluding carboxylic acids is 4. The van der Waals surface area contributed by atoms with Gasteiger partial charge >= 0.3 is 6.09 Å². The maximum atomic E-state index is 16.3. The summed E-state index contributed by atoms with van der Waals surface area (Å²) >= 11 is 0. The number of nitrogens with one attached hydrogen (secondary N) is 3. The fourth-order valence-corrected chi connectivity index (χ4v) is 10.5. The first-order valence-corrected chi connectivity index (χ1v) is 24.4. The molecule has 1 aromatic carbocycles. The van der Waals surface area contributed by atoms with Crippen molar-refractivity contribution < 1.29 is 64.1 Å². The molecule has 4 heterocycles. The number of sulfonamides is 1. The van der Waals surface area contributed by atoms with Gasteiger partial charge in [0.1, 0.15) is 35.6 Å². The number of ether oxygens (including phenoxy) is 4. The molecule has 0 radical (unpaired) electrons. The molecule has 0 spiro atoms. The summed E-state index contributed by atoms with van der Waals surface area (Å²) in [5, 5.41) is 5.06. The molecule has 21 heteroatoms. The van der Waals surface area contributed by atoms with Crippen molar-refractivity contribution in [1.82, 2.24) is 30.2 Å². The molecule has 16 nitrogen and oxygen atoms in total. The number of fused-ring (bicyclic) bond motifs is 5. The van der Waals surface area contributed by atoms with Crippen LogP contribution < -0.4 is 24.8 Å². The van der Waals surface area contributed by atoms with Gasteiger partial charge in [-0.25, -0.2) is 32.0 Å². The van der Waals surface area contributed by atoms with Crippen molar-refractivity contribution in [3.05, 3.63) is 23.9 Å². The van der Waals surface area contributed by atoms with Crippen molar-refractivity contribution >= 4 is 44.9 Å². The van der Waals surface area contributed by atoms with Crippen LogP contribution in [0.3, 0.4) is 0 Å². The van der Waals surface area contributed by atoms with Crippen molar-refractivity contribution in [3.8, 4) is 11.6 Å². The van der Waals surface area contributed by atoms with Gasteiger partial charge in [0.05, 0.1) is 41.5 Å². The molecule has 2 bridgehead atoms. The zero-order valence-electron chi connectivity index (χ0n) is 38.5. The Morgan fingerprint density at radius 1 is 1.03 bits per heavy atom. The lowest BCUT2D eigenvalue weighted by Gasteiger charge is -2.36. The fourth-order valence-electron chi connectivity index (χ4n) is 9.17. The Morgan fingerprint density at radius 3 is 2.33 bits per heavy atom. The standard InChI is InChI=1S/C40H52F4N6O9S.C5H10O/c1-7-22-27-19-50(28(22)32(51)48-39(18-23(39)31(41)42)35(53)49-60(55,56)38(5)14-15-38)34(52)30(37(2,3)4)47-36(54)59-26-16-20(26)10-8-9-13-40(43,44)29-33(58-27)46-25-17-21(57-6)11-12-24(25)45-29;1-5-3-2-4-6-5/h11-12,17,20,22-23,26-28,30-31H,7-10,13-16,18-19H2,1-6H3,(H,47,54)(H,48,51)(H,49,53);5H,2-4H2,1H3/t20-,22-,23+,26-,27+,28+,30-,39-;/m1./s1. The topological polar surface area (TPSA) is 204 Å². The maximum absolute atomic E-state index is 16.3. The number of hydrogen-bond acceptors (Lipinski definition) is 12. The Morgan fingerprint density at radius 2 is 1.76 bits per heavy atom. The molecule has 5 fully saturated rings. The van der Waals surface area contributed by atoms with Gasteiger partial charge in [-0.05, 0) is 95.1 Å². The van der Waals surface area contributed by atoms with Gasteiger partial charge < -0.3 is 34.5 Å². The second-order valence-corrected chi connectivity index (χ2v) is 22.2. The number of aromatic nitrogens is 2. The van der Waals surface area contributed by atoms with E-state index in [0.717, 1.165) is 11.5 Å². The fraction of sp³-hybridized carbons (Fsp3) is 0.733. The first kappa shape index (κ1) is 49.4. The van der Waals surface area contributed by atoms with Crippen molar-refractivity contribution in [1.29, 1.82) is 0 Å². The number of alkyl halides is 4. The number of nitrogens with zero attached hydrogens (tertiary/aromatic N) is 3. The molecule has 3 N–H and O–H groups in total. The summed E-state index contributed by atoms with van der Waals surface area (Å²) in [6, 6.07) is 1.59. The zero-order chi connectivity index (χ0) is 48.1. The number of hydrogen-bond donors (Lipinski definition) is 3. The minimum Gasteiger partial charge on any atom is -0.497 e. The molecular weight excluding hydrogens is 893 g/mol. The normalized spacial score (nSPS) is 31.6. The van der Waals surface area contributed by atoms with E-state index in [-0.39, 0.29) is 42.6 Å². The van der Waals surface area contributed by atoms with E-state index in [0.29, 0.717) is 31.1 Å². The van der Waals surface area contributed by atoms with Crippen molar-refractivity contribution in [2.75, 3.05) is 20.3 Å². The Balaban J connectivity index is 0.000000999. The Kier molecular flexibility index (Phi) is 13.9. The maximum Gasteiger partial charge on any atom is 0.408 e. The van der Waals surface area contributed by atoms with Gasteiger partial charge in [-0.1, -0.05) is 34.1 Å². The zero-order valence-corrected chi connectivity index (χ0v) is 39.3. The van der Waals surface area contributed by atoms with E-state index >= 15 is 8.78 Å². The first-order valence-electron chi connectivity index (χ1n) is 22.9. The van der Waals surface area contributed by atoms with Crippen LogP contribution >= 0.6 is 0 Å². The summed E-state index contributed by atoms with van der Waals surface area (Å²) in [7, 11) is -2.89. The molecule has 366 valence electrons. The highest BCUT2D eigenvalue weighted by molar-refractivity contribution is 7.91. The third kappa shape index (κ3) is 10.3. The second-order valence-electron chi connectivity index (χ2n) is 20.0. The molecule has 2 aromatic rings. The lowest BCUT2D eigenvalue weighted by molar-refractivity contribution is -0.144. The summed E-state index contributed by atoms with van der Waals surface area (Å²) in [5.74, 6) is -9.85. The van der Waals surface area contributed by atoms with Gasteiger partial charge in [0.25, 0.3) is 11.8 Å². The van der Waals surface area contributed by atoms with Crippen LogP contribution in [-0.2, 0) is 39.8 Å². The number of methoxy groups -OCH3 is 1. The van der Waals surface area contributed by atoms with Crippen LogP contribution in [0.2, 0.25) is 0 Å². The molecule has 3 aliphatic carbocycles. The van der Waals surface area contributed by atoms with Crippen LogP contribution in [0.15, 0.2) is 18.2 Å². The second kappa shape index (κ2) is 18.5.